The van der Waals surface area contributed by atoms with Gasteiger partial charge in [-0.1, -0.05) is 23.7 Å². The smallest absolute Gasteiger partial charge is 0.132 e. The standard InChI is InChI=1S/C13H13ClN2OS/c1-17-11-4-2-3-5-12(11)18-8-10-9(14)6-7-13(15)16-10/h2-7H,8H2,1H3,(H2,15,16). The van der Waals surface area contributed by atoms with Crippen molar-refractivity contribution < 1.29 is 4.74 Å². The lowest BCUT2D eigenvalue weighted by atomic mass is 10.3. The maximum absolute atomic E-state index is 6.07. The van der Waals surface area contributed by atoms with Gasteiger partial charge >= 0.3 is 0 Å². The van der Waals surface area contributed by atoms with Gasteiger partial charge in [0.15, 0.2) is 0 Å². The number of benzene rings is 1. The quantitative estimate of drug-likeness (QED) is 0.869. The molecule has 0 fully saturated rings. The first kappa shape index (κ1) is 13.1. The van der Waals surface area contributed by atoms with Crippen molar-refractivity contribution in [2.24, 2.45) is 0 Å². The van der Waals surface area contributed by atoms with Crippen LogP contribution in [-0.2, 0) is 5.75 Å². The van der Waals surface area contributed by atoms with Crippen LogP contribution in [0.5, 0.6) is 5.75 Å². The zero-order valence-corrected chi connectivity index (χ0v) is 11.5. The Morgan fingerprint density at radius 3 is 2.83 bits per heavy atom. The van der Waals surface area contributed by atoms with E-state index < -0.39 is 0 Å². The molecule has 0 aliphatic rings. The summed E-state index contributed by atoms with van der Waals surface area (Å²) >= 11 is 7.69. The minimum absolute atomic E-state index is 0.482. The van der Waals surface area contributed by atoms with Gasteiger partial charge in [0.1, 0.15) is 11.6 Å². The minimum atomic E-state index is 0.482. The molecule has 1 aromatic heterocycles. The number of methoxy groups -OCH3 is 1. The van der Waals surface area contributed by atoms with E-state index in [0.29, 0.717) is 16.6 Å². The topological polar surface area (TPSA) is 48.1 Å². The first-order valence-electron chi connectivity index (χ1n) is 5.37. The fourth-order valence-electron chi connectivity index (χ4n) is 1.49. The van der Waals surface area contributed by atoms with Gasteiger partial charge in [-0.15, -0.1) is 11.8 Å². The second-order valence-corrected chi connectivity index (χ2v) is 5.03. The number of nitrogen functional groups attached to an aromatic ring is 1. The van der Waals surface area contributed by atoms with Crippen LogP contribution in [0.1, 0.15) is 5.69 Å². The van der Waals surface area contributed by atoms with E-state index in [1.807, 2.05) is 24.3 Å². The molecule has 0 unspecified atom stereocenters. The molecule has 0 bridgehead atoms. The van der Waals surface area contributed by atoms with Crippen molar-refractivity contribution in [2.75, 3.05) is 12.8 Å². The molecule has 5 heteroatoms. The lowest BCUT2D eigenvalue weighted by Gasteiger charge is -2.08. The molecule has 0 saturated carbocycles. The normalized spacial score (nSPS) is 10.3. The fraction of sp³-hybridized carbons (Fsp3) is 0.154. The van der Waals surface area contributed by atoms with Crippen LogP contribution in [0.4, 0.5) is 5.82 Å². The van der Waals surface area contributed by atoms with E-state index in [0.717, 1.165) is 16.3 Å². The highest BCUT2D eigenvalue weighted by Gasteiger charge is 2.07. The van der Waals surface area contributed by atoms with Crippen LogP contribution in [0.3, 0.4) is 0 Å². The summed E-state index contributed by atoms with van der Waals surface area (Å²) in [6.07, 6.45) is 0. The maximum atomic E-state index is 6.07. The zero-order chi connectivity index (χ0) is 13.0. The molecule has 0 spiro atoms. The summed E-state index contributed by atoms with van der Waals surface area (Å²) in [5.41, 5.74) is 6.43. The van der Waals surface area contributed by atoms with Gasteiger partial charge in [-0.3, -0.25) is 0 Å². The van der Waals surface area contributed by atoms with Crippen molar-refractivity contribution in [3.63, 3.8) is 0 Å². The third kappa shape index (κ3) is 3.09. The molecule has 94 valence electrons. The number of nitrogens with two attached hydrogens (primary N) is 1. The molecule has 3 nitrogen and oxygen atoms in total. The number of para-hydroxylation sites is 1. The minimum Gasteiger partial charge on any atom is -0.496 e. The van der Waals surface area contributed by atoms with Crippen molar-refractivity contribution in [3.05, 3.63) is 47.1 Å². The number of hydrogen-bond acceptors (Lipinski definition) is 4. The predicted molar refractivity (Wildman–Crippen MR) is 76.2 cm³/mol. The summed E-state index contributed by atoms with van der Waals surface area (Å²) < 4.78 is 5.29. The van der Waals surface area contributed by atoms with E-state index >= 15 is 0 Å². The molecule has 1 aromatic carbocycles. The van der Waals surface area contributed by atoms with Crippen LogP contribution in [-0.4, -0.2) is 12.1 Å². The maximum Gasteiger partial charge on any atom is 0.132 e. The monoisotopic (exact) mass is 280 g/mol. The Morgan fingerprint density at radius 2 is 2.06 bits per heavy atom. The first-order valence-corrected chi connectivity index (χ1v) is 6.74. The Hall–Kier alpha value is -1.39. The third-order valence-electron chi connectivity index (χ3n) is 2.37. The highest BCUT2D eigenvalue weighted by molar-refractivity contribution is 7.98. The van der Waals surface area contributed by atoms with Gasteiger partial charge in [-0.25, -0.2) is 4.98 Å². The molecule has 18 heavy (non-hydrogen) atoms. The highest BCUT2D eigenvalue weighted by Crippen LogP contribution is 2.32. The number of aromatic nitrogens is 1. The molecule has 0 aliphatic carbocycles. The highest BCUT2D eigenvalue weighted by atomic mass is 35.5. The molecule has 2 rings (SSSR count). The summed E-state index contributed by atoms with van der Waals surface area (Å²) in [5, 5.41) is 0.631. The molecule has 0 saturated heterocycles. The third-order valence-corrected chi connectivity index (χ3v) is 3.78. The van der Waals surface area contributed by atoms with Gasteiger partial charge in [0.05, 0.1) is 17.8 Å². The van der Waals surface area contributed by atoms with Crippen molar-refractivity contribution in [1.82, 2.24) is 4.98 Å². The number of anilines is 1. The van der Waals surface area contributed by atoms with Gasteiger partial charge in [0, 0.05) is 10.6 Å². The molecular formula is C13H13ClN2OS. The molecule has 0 amide bonds. The summed E-state index contributed by atoms with van der Waals surface area (Å²) in [6, 6.07) is 11.3. The Kier molecular flexibility index (Phi) is 4.33. The van der Waals surface area contributed by atoms with E-state index in [4.69, 9.17) is 22.1 Å². The zero-order valence-electron chi connectivity index (χ0n) is 9.89. The van der Waals surface area contributed by atoms with E-state index in [1.54, 1.807) is 31.0 Å². The van der Waals surface area contributed by atoms with Crippen molar-refractivity contribution in [1.29, 1.82) is 0 Å². The van der Waals surface area contributed by atoms with E-state index in [1.165, 1.54) is 0 Å². The number of hydrogen-bond donors (Lipinski definition) is 1. The van der Waals surface area contributed by atoms with Gasteiger partial charge in [-0.05, 0) is 24.3 Å². The fourth-order valence-corrected chi connectivity index (χ4v) is 2.72. The first-order chi connectivity index (χ1) is 8.70. The van der Waals surface area contributed by atoms with Crippen LogP contribution >= 0.6 is 23.4 Å². The van der Waals surface area contributed by atoms with Gasteiger partial charge in [-0.2, -0.15) is 0 Å². The summed E-state index contributed by atoms with van der Waals surface area (Å²) in [7, 11) is 1.66. The largest absolute Gasteiger partial charge is 0.496 e. The Morgan fingerprint density at radius 1 is 1.28 bits per heavy atom. The molecule has 2 aromatic rings. The number of ether oxygens (including phenoxy) is 1. The van der Waals surface area contributed by atoms with E-state index in [-0.39, 0.29) is 0 Å². The Balaban J connectivity index is 2.14. The second kappa shape index (κ2) is 5.98. The number of halogens is 1. The number of pyridine rings is 1. The van der Waals surface area contributed by atoms with Crippen LogP contribution in [0.15, 0.2) is 41.3 Å². The average molecular weight is 281 g/mol. The molecule has 1 heterocycles. The van der Waals surface area contributed by atoms with Crippen molar-refractivity contribution >= 4 is 29.2 Å². The SMILES string of the molecule is COc1ccccc1SCc1nc(N)ccc1Cl. The van der Waals surface area contributed by atoms with Gasteiger partial charge in [0.2, 0.25) is 0 Å². The summed E-state index contributed by atoms with van der Waals surface area (Å²) in [6.45, 7) is 0. The van der Waals surface area contributed by atoms with Crippen LogP contribution in [0, 0.1) is 0 Å². The second-order valence-electron chi connectivity index (χ2n) is 3.60. The number of nitrogens with zero attached hydrogens (tertiary/aromatic N) is 1. The van der Waals surface area contributed by atoms with Crippen LogP contribution < -0.4 is 10.5 Å². The average Bonchev–Trinajstić information content (AvgIpc) is 2.40. The van der Waals surface area contributed by atoms with Gasteiger partial charge in [0.25, 0.3) is 0 Å². The Labute approximate surface area is 115 Å². The van der Waals surface area contributed by atoms with Crippen molar-refractivity contribution in [3.8, 4) is 5.75 Å². The lowest BCUT2D eigenvalue weighted by molar-refractivity contribution is 0.405. The molecule has 0 atom stereocenters. The molecule has 0 radical (unpaired) electrons. The molecule has 2 N–H and O–H groups in total. The van der Waals surface area contributed by atoms with Crippen molar-refractivity contribution in [2.45, 2.75) is 10.6 Å². The molecular weight excluding hydrogens is 268 g/mol. The lowest BCUT2D eigenvalue weighted by Crippen LogP contribution is -1.95. The van der Waals surface area contributed by atoms with E-state index in [2.05, 4.69) is 4.98 Å². The summed E-state index contributed by atoms with van der Waals surface area (Å²) in [4.78, 5) is 5.28. The van der Waals surface area contributed by atoms with Crippen LogP contribution in [0.2, 0.25) is 5.02 Å². The van der Waals surface area contributed by atoms with Crippen LogP contribution in [0.25, 0.3) is 0 Å². The predicted octanol–water partition coefficient (Wildman–Crippen LogP) is 3.62. The van der Waals surface area contributed by atoms with E-state index in [9.17, 15) is 0 Å². The van der Waals surface area contributed by atoms with Gasteiger partial charge < -0.3 is 10.5 Å². The number of thioether (sulfide) groups is 1. The number of rotatable bonds is 4. The Bertz CT molecular complexity index is 548. The molecule has 0 aliphatic heterocycles. The summed E-state index contributed by atoms with van der Waals surface area (Å²) in [5.74, 6) is 1.99.